The van der Waals surface area contributed by atoms with Crippen LogP contribution in [0.3, 0.4) is 0 Å². The van der Waals surface area contributed by atoms with Gasteiger partial charge >= 0.3 is 17.1 Å². The molecule has 0 bridgehead atoms. The van der Waals surface area contributed by atoms with Crippen molar-refractivity contribution in [1.29, 1.82) is 0 Å². The smallest absolute Gasteiger partial charge is 0.497 e. The summed E-state index contributed by atoms with van der Waals surface area (Å²) in [6, 6.07) is 32.2. The van der Waals surface area contributed by atoms with Crippen molar-refractivity contribution in [2.24, 2.45) is 0 Å². The molecule has 4 rings (SSSR count). The minimum absolute atomic E-state index is 0. The zero-order valence-electron chi connectivity index (χ0n) is 17.9. The molecule has 160 valence electrons. The summed E-state index contributed by atoms with van der Waals surface area (Å²) < 4.78 is 16.1. The average molecular weight is 454 g/mol. The first-order valence-corrected chi connectivity index (χ1v) is 9.72. The Hall–Kier alpha value is -3.20. The fraction of sp³-hybridized carbons (Fsp3) is 0.111. The Balaban J connectivity index is 0.000000501. The first-order valence-electron chi connectivity index (χ1n) is 9.72. The molecule has 3 nitrogen and oxygen atoms in total. The van der Waals surface area contributed by atoms with Gasteiger partial charge in [-0.1, -0.05) is 29.3 Å². The van der Waals surface area contributed by atoms with Gasteiger partial charge in [0.05, 0.1) is 21.3 Å². The summed E-state index contributed by atoms with van der Waals surface area (Å²) >= 11 is 0. The van der Waals surface area contributed by atoms with Crippen molar-refractivity contribution in [3.63, 3.8) is 0 Å². The molecule has 31 heavy (non-hydrogen) atoms. The van der Waals surface area contributed by atoms with E-state index in [4.69, 9.17) is 14.2 Å². The van der Waals surface area contributed by atoms with Gasteiger partial charge in [-0.25, -0.2) is 12.1 Å². The van der Waals surface area contributed by atoms with Crippen LogP contribution in [0.15, 0.2) is 97.1 Å². The van der Waals surface area contributed by atoms with Gasteiger partial charge in [0, 0.05) is 6.07 Å². The van der Waals surface area contributed by atoms with Gasteiger partial charge in [-0.15, -0.1) is 23.8 Å². The predicted octanol–water partition coefficient (Wildman–Crippen LogP) is 6.42. The van der Waals surface area contributed by atoms with Crippen LogP contribution in [0.2, 0.25) is 0 Å². The van der Waals surface area contributed by atoms with E-state index < -0.39 is 0 Å². The third kappa shape index (κ3) is 6.65. The number of benzene rings is 2. The van der Waals surface area contributed by atoms with Crippen molar-refractivity contribution in [2.45, 2.75) is 0 Å². The SMILES string of the molecule is COc1ccc(/C(=C/c2ccc(OC)cc2OC)[c-]2cccc2)cc1.[Fe+2].c1cc[cH-]c1. The van der Waals surface area contributed by atoms with Crippen LogP contribution in [-0.4, -0.2) is 21.3 Å². The van der Waals surface area contributed by atoms with E-state index in [0.717, 1.165) is 39.5 Å². The van der Waals surface area contributed by atoms with Gasteiger partial charge in [-0.2, -0.15) is 30.3 Å². The first-order chi connectivity index (χ1) is 14.7. The molecule has 4 aromatic carbocycles. The second-order valence-corrected chi connectivity index (χ2v) is 6.53. The summed E-state index contributed by atoms with van der Waals surface area (Å²) in [4.78, 5) is 0. The summed E-state index contributed by atoms with van der Waals surface area (Å²) in [6.07, 6.45) is 2.13. The van der Waals surface area contributed by atoms with Crippen molar-refractivity contribution in [3.05, 3.63) is 114 Å². The number of ether oxygens (including phenoxy) is 3. The van der Waals surface area contributed by atoms with Crippen LogP contribution in [0, 0.1) is 0 Å². The van der Waals surface area contributed by atoms with Crippen LogP contribution in [0.5, 0.6) is 17.2 Å². The van der Waals surface area contributed by atoms with Crippen molar-refractivity contribution in [3.8, 4) is 17.2 Å². The molecule has 4 aromatic rings. The van der Waals surface area contributed by atoms with Crippen LogP contribution in [0.1, 0.15) is 16.7 Å². The first kappa shape index (κ1) is 24.1. The molecule has 0 amide bonds. The fourth-order valence-corrected chi connectivity index (χ4v) is 3.07. The Kier molecular flexibility index (Phi) is 9.69. The second-order valence-electron chi connectivity index (χ2n) is 6.53. The molecule has 0 unspecified atom stereocenters. The number of rotatable bonds is 6. The largest absolute Gasteiger partial charge is 2.00 e. The van der Waals surface area contributed by atoms with E-state index in [1.165, 1.54) is 0 Å². The molecule has 0 aromatic heterocycles. The van der Waals surface area contributed by atoms with E-state index in [1.54, 1.807) is 21.3 Å². The van der Waals surface area contributed by atoms with E-state index in [1.807, 2.05) is 72.8 Å². The molecular weight excluding hydrogens is 428 g/mol. The number of hydrogen-bond acceptors (Lipinski definition) is 3. The van der Waals surface area contributed by atoms with E-state index in [-0.39, 0.29) is 17.1 Å². The topological polar surface area (TPSA) is 27.7 Å². The standard InChI is InChI=1S/C22H21O3.C5H5.Fe/c1-23-19-11-8-17(9-12-19)21(16-6-4-5-7-16)14-18-10-13-20(24-2)15-22(18)25-3;1-2-4-5-3-1;/h4-15H,1-3H3;1-5H;/q2*-1;+2/b21-14+;;. The van der Waals surface area contributed by atoms with Crippen molar-refractivity contribution in [1.82, 2.24) is 0 Å². The van der Waals surface area contributed by atoms with Crippen LogP contribution < -0.4 is 14.2 Å². The van der Waals surface area contributed by atoms with Crippen molar-refractivity contribution in [2.75, 3.05) is 21.3 Å². The van der Waals surface area contributed by atoms with Crippen molar-refractivity contribution >= 4 is 11.6 Å². The molecule has 4 heteroatoms. The van der Waals surface area contributed by atoms with Gasteiger partial charge in [0.25, 0.3) is 0 Å². The van der Waals surface area contributed by atoms with E-state index in [0.29, 0.717) is 0 Å². The zero-order valence-corrected chi connectivity index (χ0v) is 19.0. The summed E-state index contributed by atoms with van der Waals surface area (Å²) in [5.41, 5.74) is 4.39. The summed E-state index contributed by atoms with van der Waals surface area (Å²) in [6.45, 7) is 0. The van der Waals surface area contributed by atoms with E-state index in [9.17, 15) is 0 Å². The number of hydrogen-bond donors (Lipinski definition) is 0. The Labute approximate surface area is 195 Å². The second kappa shape index (κ2) is 12.5. The van der Waals surface area contributed by atoms with Gasteiger partial charge in [-0.3, -0.25) is 0 Å². The Morgan fingerprint density at radius 3 is 1.90 bits per heavy atom. The molecule has 0 saturated carbocycles. The normalized spacial score (nSPS) is 10.4. The average Bonchev–Trinajstić information content (AvgIpc) is 3.55. The molecule has 0 spiro atoms. The molecule has 0 radical (unpaired) electrons. The Morgan fingerprint density at radius 2 is 1.39 bits per heavy atom. The number of methoxy groups -OCH3 is 3. The molecule has 0 aliphatic heterocycles. The third-order valence-corrected chi connectivity index (χ3v) is 4.67. The summed E-state index contributed by atoms with van der Waals surface area (Å²) in [7, 11) is 4.99. The molecule has 0 aliphatic rings. The third-order valence-electron chi connectivity index (χ3n) is 4.67. The summed E-state index contributed by atoms with van der Waals surface area (Å²) in [5, 5.41) is 0. The molecule has 0 atom stereocenters. The van der Waals surface area contributed by atoms with E-state index in [2.05, 4.69) is 30.3 Å². The molecule has 0 fully saturated rings. The fourth-order valence-electron chi connectivity index (χ4n) is 3.07. The molecule has 0 saturated heterocycles. The van der Waals surface area contributed by atoms with Crippen LogP contribution in [0.4, 0.5) is 0 Å². The van der Waals surface area contributed by atoms with Gasteiger partial charge in [0.1, 0.15) is 17.2 Å². The Morgan fingerprint density at radius 1 is 0.774 bits per heavy atom. The maximum absolute atomic E-state index is 5.53. The van der Waals surface area contributed by atoms with Crippen LogP contribution in [0.25, 0.3) is 11.6 Å². The molecule has 0 N–H and O–H groups in total. The molecule has 0 heterocycles. The molecule has 0 aliphatic carbocycles. The maximum atomic E-state index is 5.53. The minimum atomic E-state index is 0. The van der Waals surface area contributed by atoms with Gasteiger partial charge in [-0.05, 0) is 23.8 Å². The van der Waals surface area contributed by atoms with Gasteiger partial charge in [0.2, 0.25) is 0 Å². The predicted molar refractivity (Wildman–Crippen MR) is 124 cm³/mol. The van der Waals surface area contributed by atoms with Gasteiger partial charge in [0.15, 0.2) is 0 Å². The van der Waals surface area contributed by atoms with Crippen LogP contribution in [-0.2, 0) is 17.1 Å². The Bertz CT molecular complexity index is 1010. The van der Waals surface area contributed by atoms with E-state index >= 15 is 0 Å². The van der Waals surface area contributed by atoms with Crippen LogP contribution >= 0.6 is 0 Å². The quantitative estimate of drug-likeness (QED) is 0.191. The molecular formula is C27H26FeO3. The van der Waals surface area contributed by atoms with Gasteiger partial charge < -0.3 is 14.2 Å². The maximum Gasteiger partial charge on any atom is 2.00 e. The zero-order chi connectivity index (χ0) is 21.2. The van der Waals surface area contributed by atoms with Crippen molar-refractivity contribution < 1.29 is 31.3 Å². The summed E-state index contributed by atoms with van der Waals surface area (Å²) in [5.74, 6) is 2.39. The minimum Gasteiger partial charge on any atom is -0.497 e. The monoisotopic (exact) mass is 454 g/mol.